The predicted molar refractivity (Wildman–Crippen MR) is 44.0 cm³/mol. The maximum absolute atomic E-state index is 10.3. The Bertz CT molecular complexity index is 151. The molecule has 0 saturated heterocycles. The molecule has 64 valence electrons. The first-order valence-electron chi connectivity index (χ1n) is 3.42. The smallest absolute Gasteiger partial charge is 0.216 e. The van der Waals surface area contributed by atoms with Gasteiger partial charge in [0.25, 0.3) is 0 Å². The van der Waals surface area contributed by atoms with Gasteiger partial charge in [-0.15, -0.1) is 0 Å². The van der Waals surface area contributed by atoms with Crippen LogP contribution in [0.1, 0.15) is 13.3 Å². The Morgan fingerprint density at radius 3 is 2.64 bits per heavy atom. The second kappa shape index (κ2) is 5.52. The van der Waals surface area contributed by atoms with Gasteiger partial charge in [-0.3, -0.25) is 9.79 Å². The molecule has 11 heavy (non-hydrogen) atoms. The van der Waals surface area contributed by atoms with Crippen LogP contribution in [-0.2, 0) is 4.79 Å². The van der Waals surface area contributed by atoms with Gasteiger partial charge in [-0.1, -0.05) is 0 Å². The van der Waals surface area contributed by atoms with Crippen molar-refractivity contribution >= 4 is 11.9 Å². The van der Waals surface area contributed by atoms with E-state index < -0.39 is 0 Å². The molecule has 5 heteroatoms. The largest absolute Gasteiger partial charge is 0.370 e. The highest BCUT2D eigenvalue weighted by atomic mass is 16.1. The number of hydrogen-bond donors (Lipinski definition) is 3. The first-order valence-corrected chi connectivity index (χ1v) is 3.42. The first kappa shape index (κ1) is 9.74. The number of nitrogens with zero attached hydrogens (tertiary/aromatic N) is 1. The van der Waals surface area contributed by atoms with Gasteiger partial charge in [0.2, 0.25) is 5.91 Å². The first-order chi connectivity index (χ1) is 5.13. The number of guanidine groups is 1. The standard InChI is InChI=1S/C6H14N4O/c1-5(11)9-3-2-4-10-6(7)8/h2-4H2,1H3,(H,9,11)(H4,7,8,10). The molecule has 0 bridgehead atoms. The van der Waals surface area contributed by atoms with Crippen molar-refractivity contribution in [1.29, 1.82) is 0 Å². The Kier molecular flexibility index (Phi) is 4.89. The molecule has 0 heterocycles. The minimum Gasteiger partial charge on any atom is -0.370 e. The molecule has 0 atom stereocenters. The molecular formula is C6H14N4O. The van der Waals surface area contributed by atoms with E-state index in [1.165, 1.54) is 6.92 Å². The number of nitrogens with one attached hydrogen (secondary N) is 1. The van der Waals surface area contributed by atoms with Gasteiger partial charge in [0, 0.05) is 20.0 Å². The Morgan fingerprint density at radius 2 is 2.18 bits per heavy atom. The quantitative estimate of drug-likeness (QED) is 0.272. The molecule has 0 aromatic carbocycles. The van der Waals surface area contributed by atoms with Crippen LogP contribution in [0.5, 0.6) is 0 Å². The van der Waals surface area contributed by atoms with E-state index in [9.17, 15) is 4.79 Å². The molecule has 0 unspecified atom stereocenters. The zero-order chi connectivity index (χ0) is 8.69. The number of carbonyl (C=O) groups excluding carboxylic acids is 1. The molecule has 1 amide bonds. The monoisotopic (exact) mass is 158 g/mol. The topological polar surface area (TPSA) is 93.5 Å². The zero-order valence-electron chi connectivity index (χ0n) is 6.63. The lowest BCUT2D eigenvalue weighted by atomic mass is 10.4. The van der Waals surface area contributed by atoms with Crippen LogP contribution in [-0.4, -0.2) is 25.0 Å². The van der Waals surface area contributed by atoms with Crippen LogP contribution in [0.3, 0.4) is 0 Å². The minimum atomic E-state index is -0.0327. The summed E-state index contributed by atoms with van der Waals surface area (Å²) < 4.78 is 0. The third kappa shape index (κ3) is 8.74. The average Bonchev–Trinajstić information content (AvgIpc) is 1.85. The Balaban J connectivity index is 3.15. The van der Waals surface area contributed by atoms with Crippen LogP contribution in [0.25, 0.3) is 0 Å². The number of hydrogen-bond acceptors (Lipinski definition) is 2. The Hall–Kier alpha value is -1.26. The van der Waals surface area contributed by atoms with Gasteiger partial charge in [0.05, 0.1) is 0 Å². The van der Waals surface area contributed by atoms with E-state index in [4.69, 9.17) is 11.5 Å². The second-order valence-corrected chi connectivity index (χ2v) is 2.14. The Labute approximate surface area is 65.9 Å². The summed E-state index contributed by atoms with van der Waals surface area (Å²) in [6.07, 6.45) is 0.761. The third-order valence-corrected chi connectivity index (χ3v) is 1.00. The van der Waals surface area contributed by atoms with E-state index in [2.05, 4.69) is 10.3 Å². The predicted octanol–water partition coefficient (Wildman–Crippen LogP) is -1.21. The lowest BCUT2D eigenvalue weighted by molar-refractivity contribution is -0.118. The van der Waals surface area contributed by atoms with Crippen molar-refractivity contribution in [3.8, 4) is 0 Å². The number of nitrogens with two attached hydrogens (primary N) is 2. The number of rotatable bonds is 4. The lowest BCUT2D eigenvalue weighted by Gasteiger charge is -1.98. The lowest BCUT2D eigenvalue weighted by Crippen LogP contribution is -2.24. The number of aliphatic imine (C=N–C) groups is 1. The molecule has 0 aliphatic carbocycles. The zero-order valence-corrected chi connectivity index (χ0v) is 6.63. The van der Waals surface area contributed by atoms with Crippen LogP contribution in [0.2, 0.25) is 0 Å². The SMILES string of the molecule is CC(=O)NCCCN=C(N)N. The van der Waals surface area contributed by atoms with Gasteiger partial charge in [-0.2, -0.15) is 0 Å². The van der Waals surface area contributed by atoms with E-state index >= 15 is 0 Å². The molecule has 0 spiro atoms. The molecule has 0 aromatic heterocycles. The van der Waals surface area contributed by atoms with E-state index in [1.807, 2.05) is 0 Å². The van der Waals surface area contributed by atoms with Crippen molar-refractivity contribution in [3.05, 3.63) is 0 Å². The maximum Gasteiger partial charge on any atom is 0.216 e. The molecule has 0 aliphatic heterocycles. The van der Waals surface area contributed by atoms with E-state index in [1.54, 1.807) is 0 Å². The van der Waals surface area contributed by atoms with Crippen molar-refractivity contribution < 1.29 is 4.79 Å². The molecule has 0 rings (SSSR count). The summed E-state index contributed by atoms with van der Waals surface area (Å²) in [6, 6.07) is 0. The van der Waals surface area contributed by atoms with Gasteiger partial charge < -0.3 is 16.8 Å². The highest BCUT2D eigenvalue weighted by Crippen LogP contribution is 1.77. The van der Waals surface area contributed by atoms with Crippen LogP contribution < -0.4 is 16.8 Å². The van der Waals surface area contributed by atoms with E-state index in [0.717, 1.165) is 6.42 Å². The Morgan fingerprint density at radius 1 is 1.55 bits per heavy atom. The normalized spacial score (nSPS) is 8.82. The van der Waals surface area contributed by atoms with Crippen LogP contribution in [0, 0.1) is 0 Å². The number of amides is 1. The maximum atomic E-state index is 10.3. The van der Waals surface area contributed by atoms with Crippen LogP contribution in [0.4, 0.5) is 0 Å². The fourth-order valence-electron chi connectivity index (χ4n) is 0.552. The summed E-state index contributed by atoms with van der Waals surface area (Å²) in [6.45, 7) is 2.65. The van der Waals surface area contributed by atoms with E-state index in [0.29, 0.717) is 13.1 Å². The van der Waals surface area contributed by atoms with Gasteiger partial charge in [0.1, 0.15) is 0 Å². The van der Waals surface area contributed by atoms with Gasteiger partial charge in [-0.05, 0) is 6.42 Å². The molecule has 0 fully saturated rings. The highest BCUT2D eigenvalue weighted by Gasteiger charge is 1.88. The van der Waals surface area contributed by atoms with Crippen LogP contribution >= 0.6 is 0 Å². The molecule has 0 aliphatic rings. The van der Waals surface area contributed by atoms with Crippen LogP contribution in [0.15, 0.2) is 4.99 Å². The van der Waals surface area contributed by atoms with Crippen molar-refractivity contribution in [2.24, 2.45) is 16.5 Å². The molecule has 0 saturated carbocycles. The van der Waals surface area contributed by atoms with Crippen molar-refractivity contribution in [2.45, 2.75) is 13.3 Å². The molecule has 0 aromatic rings. The second-order valence-electron chi connectivity index (χ2n) is 2.14. The van der Waals surface area contributed by atoms with Crippen molar-refractivity contribution in [3.63, 3.8) is 0 Å². The third-order valence-electron chi connectivity index (χ3n) is 1.00. The molecule has 5 nitrogen and oxygen atoms in total. The summed E-state index contributed by atoms with van der Waals surface area (Å²) in [4.78, 5) is 14.1. The fraction of sp³-hybridized carbons (Fsp3) is 0.667. The van der Waals surface area contributed by atoms with Gasteiger partial charge in [-0.25, -0.2) is 0 Å². The molecular weight excluding hydrogens is 144 g/mol. The summed E-state index contributed by atoms with van der Waals surface area (Å²) >= 11 is 0. The molecule has 0 radical (unpaired) electrons. The molecule has 5 N–H and O–H groups in total. The minimum absolute atomic E-state index is 0.0327. The van der Waals surface area contributed by atoms with Gasteiger partial charge in [0.15, 0.2) is 5.96 Å². The summed E-state index contributed by atoms with van der Waals surface area (Å²) in [5, 5.41) is 2.63. The highest BCUT2D eigenvalue weighted by molar-refractivity contribution is 5.75. The summed E-state index contributed by atoms with van der Waals surface area (Å²) in [5.41, 5.74) is 10.1. The summed E-state index contributed by atoms with van der Waals surface area (Å²) in [5.74, 6) is 0.0579. The fourth-order valence-corrected chi connectivity index (χ4v) is 0.552. The number of carbonyl (C=O) groups is 1. The van der Waals surface area contributed by atoms with Crippen molar-refractivity contribution in [2.75, 3.05) is 13.1 Å². The average molecular weight is 158 g/mol. The van der Waals surface area contributed by atoms with Crippen molar-refractivity contribution in [1.82, 2.24) is 5.32 Å². The van der Waals surface area contributed by atoms with Gasteiger partial charge >= 0.3 is 0 Å². The van der Waals surface area contributed by atoms with E-state index in [-0.39, 0.29) is 11.9 Å². The summed E-state index contributed by atoms with van der Waals surface area (Å²) in [7, 11) is 0.